The van der Waals surface area contributed by atoms with Crippen molar-refractivity contribution in [2.75, 3.05) is 13.1 Å². The Kier molecular flexibility index (Phi) is 4.47. The van der Waals surface area contributed by atoms with Gasteiger partial charge in [0.15, 0.2) is 0 Å². The number of amides is 1. The fraction of sp³-hybridized carbons (Fsp3) is 0.500. The number of halogens is 2. The van der Waals surface area contributed by atoms with Crippen molar-refractivity contribution < 1.29 is 13.6 Å². The molecule has 0 bridgehead atoms. The lowest BCUT2D eigenvalue weighted by Gasteiger charge is -2.35. The molecule has 19 heavy (non-hydrogen) atoms. The molecule has 0 radical (unpaired) electrons. The van der Waals surface area contributed by atoms with E-state index in [2.05, 4.69) is 0 Å². The van der Waals surface area contributed by atoms with Gasteiger partial charge < -0.3 is 10.6 Å². The molecule has 0 aliphatic carbocycles. The highest BCUT2D eigenvalue weighted by Gasteiger charge is 2.28. The van der Waals surface area contributed by atoms with Crippen LogP contribution < -0.4 is 5.73 Å². The molecule has 1 heterocycles. The number of rotatable bonds is 3. The number of carbonyl (C=O) groups is 1. The second-order valence-corrected chi connectivity index (χ2v) is 4.85. The second kappa shape index (κ2) is 6.10. The van der Waals surface area contributed by atoms with E-state index >= 15 is 0 Å². The van der Waals surface area contributed by atoms with Gasteiger partial charge in [0.25, 0.3) is 5.91 Å². The summed E-state index contributed by atoms with van der Waals surface area (Å²) in [4.78, 5) is 14.0. The van der Waals surface area contributed by atoms with Crippen LogP contribution >= 0.6 is 0 Å². The summed E-state index contributed by atoms with van der Waals surface area (Å²) < 4.78 is 26.8. The molecule has 0 saturated carbocycles. The van der Waals surface area contributed by atoms with Crippen molar-refractivity contribution in [2.45, 2.75) is 31.7 Å². The molecule has 5 heteroatoms. The van der Waals surface area contributed by atoms with Crippen LogP contribution in [0.15, 0.2) is 18.2 Å². The van der Waals surface area contributed by atoms with Crippen LogP contribution in [-0.4, -0.2) is 29.9 Å². The fourth-order valence-corrected chi connectivity index (χ4v) is 2.58. The third-order valence-electron chi connectivity index (χ3n) is 3.55. The molecule has 3 nitrogen and oxygen atoms in total. The molecule has 1 aliphatic heterocycles. The largest absolute Gasteiger partial charge is 0.336 e. The first-order chi connectivity index (χ1) is 9.13. The Morgan fingerprint density at radius 3 is 2.89 bits per heavy atom. The highest BCUT2D eigenvalue weighted by Crippen LogP contribution is 2.23. The average Bonchev–Trinajstić information content (AvgIpc) is 2.42. The van der Waals surface area contributed by atoms with Crippen LogP contribution in [0.5, 0.6) is 0 Å². The van der Waals surface area contributed by atoms with E-state index in [9.17, 15) is 13.6 Å². The van der Waals surface area contributed by atoms with Gasteiger partial charge in [-0.2, -0.15) is 0 Å². The van der Waals surface area contributed by atoms with E-state index in [4.69, 9.17) is 5.73 Å². The van der Waals surface area contributed by atoms with Crippen LogP contribution in [-0.2, 0) is 0 Å². The Hall–Kier alpha value is -1.49. The van der Waals surface area contributed by atoms with Crippen molar-refractivity contribution in [1.29, 1.82) is 0 Å². The Morgan fingerprint density at radius 2 is 2.16 bits per heavy atom. The van der Waals surface area contributed by atoms with E-state index in [1.807, 2.05) is 0 Å². The van der Waals surface area contributed by atoms with Crippen molar-refractivity contribution in [3.05, 3.63) is 35.4 Å². The molecule has 104 valence electrons. The molecule has 2 rings (SSSR count). The molecule has 0 spiro atoms. The van der Waals surface area contributed by atoms with Gasteiger partial charge in [-0.05, 0) is 50.4 Å². The van der Waals surface area contributed by atoms with Gasteiger partial charge in [-0.15, -0.1) is 0 Å². The van der Waals surface area contributed by atoms with Crippen molar-refractivity contribution in [2.24, 2.45) is 5.73 Å². The number of carbonyl (C=O) groups excluding carboxylic acids is 1. The number of likely N-dealkylation sites (tertiary alicyclic amines) is 1. The standard InChI is InChI=1S/C14H18F2N2O/c15-10-4-5-13(16)12(9-10)14(19)18-8-2-1-3-11(18)6-7-17/h4-5,9,11H,1-3,6-8,17H2. The summed E-state index contributed by atoms with van der Waals surface area (Å²) in [5.41, 5.74) is 5.35. The lowest BCUT2D eigenvalue weighted by Crippen LogP contribution is -2.44. The number of nitrogens with zero attached hydrogens (tertiary/aromatic N) is 1. The van der Waals surface area contributed by atoms with Gasteiger partial charge in [0, 0.05) is 12.6 Å². The number of hydrogen-bond acceptors (Lipinski definition) is 2. The Bertz CT molecular complexity index is 463. The van der Waals surface area contributed by atoms with Crippen LogP contribution in [0.2, 0.25) is 0 Å². The predicted molar refractivity (Wildman–Crippen MR) is 68.7 cm³/mol. The van der Waals surface area contributed by atoms with Gasteiger partial charge in [0.1, 0.15) is 11.6 Å². The third kappa shape index (κ3) is 3.10. The molecule has 2 N–H and O–H groups in total. The first-order valence-corrected chi connectivity index (χ1v) is 6.59. The monoisotopic (exact) mass is 268 g/mol. The smallest absolute Gasteiger partial charge is 0.257 e. The maximum atomic E-state index is 13.6. The van der Waals surface area contributed by atoms with E-state index < -0.39 is 17.5 Å². The van der Waals surface area contributed by atoms with Crippen LogP contribution in [0.4, 0.5) is 8.78 Å². The fourth-order valence-electron chi connectivity index (χ4n) is 2.58. The van der Waals surface area contributed by atoms with Crippen LogP contribution in [0.1, 0.15) is 36.0 Å². The molecular formula is C14H18F2N2O. The van der Waals surface area contributed by atoms with Crippen LogP contribution in [0.25, 0.3) is 0 Å². The predicted octanol–water partition coefficient (Wildman–Crippen LogP) is 2.31. The normalized spacial score (nSPS) is 19.5. The van der Waals surface area contributed by atoms with E-state index in [-0.39, 0.29) is 11.6 Å². The van der Waals surface area contributed by atoms with Crippen LogP contribution in [0, 0.1) is 11.6 Å². The van der Waals surface area contributed by atoms with E-state index in [1.54, 1.807) is 4.90 Å². The number of benzene rings is 1. The second-order valence-electron chi connectivity index (χ2n) is 4.85. The summed E-state index contributed by atoms with van der Waals surface area (Å²) in [6, 6.07) is 3.00. The number of hydrogen-bond donors (Lipinski definition) is 1. The first kappa shape index (κ1) is 13.9. The number of piperidine rings is 1. The highest BCUT2D eigenvalue weighted by molar-refractivity contribution is 5.94. The zero-order valence-electron chi connectivity index (χ0n) is 10.7. The summed E-state index contributed by atoms with van der Waals surface area (Å²) in [7, 11) is 0. The Labute approximate surface area is 111 Å². The van der Waals surface area contributed by atoms with Crippen molar-refractivity contribution in [3.63, 3.8) is 0 Å². The maximum Gasteiger partial charge on any atom is 0.257 e. The lowest BCUT2D eigenvalue weighted by atomic mass is 9.98. The first-order valence-electron chi connectivity index (χ1n) is 6.59. The molecule has 1 saturated heterocycles. The molecule has 1 aliphatic rings. The Morgan fingerprint density at radius 1 is 1.37 bits per heavy atom. The molecule has 1 aromatic carbocycles. The number of nitrogens with two attached hydrogens (primary N) is 1. The molecule has 1 unspecified atom stereocenters. The zero-order valence-corrected chi connectivity index (χ0v) is 10.7. The minimum absolute atomic E-state index is 0.0360. The molecule has 1 fully saturated rings. The summed E-state index contributed by atoms with van der Waals surface area (Å²) in [6.45, 7) is 1.07. The van der Waals surface area contributed by atoms with Gasteiger partial charge in [-0.1, -0.05) is 0 Å². The summed E-state index contributed by atoms with van der Waals surface area (Å²) >= 11 is 0. The molecular weight excluding hydrogens is 250 g/mol. The maximum absolute atomic E-state index is 13.6. The quantitative estimate of drug-likeness (QED) is 0.914. The minimum Gasteiger partial charge on any atom is -0.336 e. The van der Waals surface area contributed by atoms with Gasteiger partial charge in [0.2, 0.25) is 0 Å². The minimum atomic E-state index is -0.677. The van der Waals surface area contributed by atoms with Crippen LogP contribution in [0.3, 0.4) is 0 Å². The van der Waals surface area contributed by atoms with Gasteiger partial charge in [-0.25, -0.2) is 8.78 Å². The highest BCUT2D eigenvalue weighted by atomic mass is 19.1. The zero-order chi connectivity index (χ0) is 13.8. The summed E-state index contributed by atoms with van der Waals surface area (Å²) in [5.74, 6) is -1.71. The summed E-state index contributed by atoms with van der Waals surface area (Å²) in [5, 5.41) is 0. The topological polar surface area (TPSA) is 46.3 Å². The third-order valence-corrected chi connectivity index (χ3v) is 3.55. The Balaban J connectivity index is 2.23. The van der Waals surface area contributed by atoms with Gasteiger partial charge >= 0.3 is 0 Å². The average molecular weight is 268 g/mol. The SMILES string of the molecule is NCCC1CCCCN1C(=O)c1cc(F)ccc1F. The van der Waals surface area contributed by atoms with E-state index in [1.165, 1.54) is 0 Å². The van der Waals surface area contributed by atoms with Gasteiger partial charge in [-0.3, -0.25) is 4.79 Å². The van der Waals surface area contributed by atoms with Crippen molar-refractivity contribution in [1.82, 2.24) is 4.90 Å². The molecule has 1 amide bonds. The van der Waals surface area contributed by atoms with Gasteiger partial charge in [0.05, 0.1) is 5.56 Å². The lowest BCUT2D eigenvalue weighted by molar-refractivity contribution is 0.0599. The van der Waals surface area contributed by atoms with Crippen molar-refractivity contribution in [3.8, 4) is 0 Å². The van der Waals surface area contributed by atoms with E-state index in [0.717, 1.165) is 37.5 Å². The van der Waals surface area contributed by atoms with Crippen molar-refractivity contribution >= 4 is 5.91 Å². The molecule has 0 aromatic heterocycles. The van der Waals surface area contributed by atoms with E-state index in [0.29, 0.717) is 19.5 Å². The molecule has 1 atom stereocenters. The summed E-state index contributed by atoms with van der Waals surface area (Å²) in [6.07, 6.45) is 3.51. The molecule has 1 aromatic rings.